The van der Waals surface area contributed by atoms with Crippen LogP contribution in [0.15, 0.2) is 12.1 Å². The number of alkyl halides is 3. The first-order chi connectivity index (χ1) is 5.93. The summed E-state index contributed by atoms with van der Waals surface area (Å²) < 4.78 is 36.4. The summed E-state index contributed by atoms with van der Waals surface area (Å²) in [7, 11) is 0. The first-order valence-corrected chi connectivity index (χ1v) is 3.37. The van der Waals surface area contributed by atoms with Crippen molar-refractivity contribution in [1.29, 1.82) is 0 Å². The van der Waals surface area contributed by atoms with E-state index in [2.05, 4.69) is 9.83 Å². The van der Waals surface area contributed by atoms with E-state index in [0.29, 0.717) is 0 Å². The van der Waals surface area contributed by atoms with E-state index >= 15 is 0 Å². The lowest BCUT2D eigenvalue weighted by molar-refractivity contribution is -0.141. The number of hydrogen-bond acceptors (Lipinski definition) is 1. The second-order valence-corrected chi connectivity index (χ2v) is 2.46. The fraction of sp³-hybridized carbons (Fsp3) is 0.250. The summed E-state index contributed by atoms with van der Waals surface area (Å²) in [4.78, 5) is 6.20. The Morgan fingerprint density at radius 2 is 2.00 bits per heavy atom. The summed E-state index contributed by atoms with van der Waals surface area (Å²) in [6.07, 6.45) is -4.48. The van der Waals surface area contributed by atoms with Crippen molar-refractivity contribution in [3.63, 3.8) is 0 Å². The smallest absolute Gasteiger partial charge is 0.251 e. The average Bonchev–Trinajstić information content (AvgIpc) is 2.01. The lowest BCUT2D eigenvalue weighted by atomic mass is 10.2. The van der Waals surface area contributed by atoms with E-state index in [1.54, 1.807) is 0 Å². The molecule has 1 aromatic rings. The maximum atomic E-state index is 12.1. The molecular weight excluding hydrogens is 181 g/mol. The molecule has 68 valence electrons. The fourth-order valence-electron chi connectivity index (χ4n) is 0.860. The Bertz CT molecular complexity index is 363. The summed E-state index contributed by atoms with van der Waals surface area (Å²) in [5, 5.41) is 0. The highest BCUT2D eigenvalue weighted by Crippen LogP contribution is 2.30. The van der Waals surface area contributed by atoms with Gasteiger partial charge in [0.15, 0.2) is 5.69 Å². The highest BCUT2D eigenvalue weighted by Gasteiger charge is 2.32. The molecule has 5 heteroatoms. The summed E-state index contributed by atoms with van der Waals surface area (Å²) in [6, 6.07) is 2.04. The van der Waals surface area contributed by atoms with Crippen LogP contribution in [0.4, 0.5) is 18.9 Å². The van der Waals surface area contributed by atoms with Crippen molar-refractivity contribution in [3.8, 4) is 0 Å². The number of aryl methyl sites for hydroxylation is 1. The first kappa shape index (κ1) is 9.52. The van der Waals surface area contributed by atoms with Crippen molar-refractivity contribution in [2.24, 2.45) is 0 Å². The highest BCUT2D eigenvalue weighted by molar-refractivity contribution is 5.46. The number of aromatic nitrogens is 1. The molecule has 0 spiro atoms. The molecule has 0 aliphatic rings. The number of nitrogens with zero attached hydrogens (tertiary/aromatic N) is 2. The van der Waals surface area contributed by atoms with E-state index in [1.807, 2.05) is 0 Å². The summed E-state index contributed by atoms with van der Waals surface area (Å²) in [5.74, 6) is 0. The third-order valence-corrected chi connectivity index (χ3v) is 1.36. The Kier molecular flexibility index (Phi) is 2.24. The minimum Gasteiger partial charge on any atom is -0.251 e. The van der Waals surface area contributed by atoms with Crippen LogP contribution in [0.2, 0.25) is 0 Å². The lowest BCUT2D eigenvalue weighted by Crippen LogP contribution is -2.08. The molecule has 0 saturated carbocycles. The van der Waals surface area contributed by atoms with Gasteiger partial charge in [-0.3, -0.25) is 4.98 Å². The lowest BCUT2D eigenvalue weighted by Gasteiger charge is -2.06. The normalized spacial score (nSPS) is 11.0. The zero-order chi connectivity index (χ0) is 10.1. The van der Waals surface area contributed by atoms with Gasteiger partial charge in [0.25, 0.3) is 0 Å². The quantitative estimate of drug-likeness (QED) is 0.569. The van der Waals surface area contributed by atoms with Gasteiger partial charge in [-0.05, 0) is 19.1 Å². The van der Waals surface area contributed by atoms with Gasteiger partial charge in [-0.15, -0.1) is 0 Å². The van der Waals surface area contributed by atoms with Gasteiger partial charge in [0.05, 0.1) is 6.57 Å². The van der Waals surface area contributed by atoms with Crippen molar-refractivity contribution in [3.05, 3.63) is 34.9 Å². The molecule has 1 heterocycles. The van der Waals surface area contributed by atoms with Gasteiger partial charge in [0.2, 0.25) is 0 Å². The number of rotatable bonds is 0. The molecule has 0 radical (unpaired) electrons. The van der Waals surface area contributed by atoms with E-state index in [0.717, 1.165) is 6.07 Å². The van der Waals surface area contributed by atoms with E-state index in [4.69, 9.17) is 6.57 Å². The van der Waals surface area contributed by atoms with Gasteiger partial charge in [0.1, 0.15) is 5.69 Å². The Morgan fingerprint density at radius 3 is 2.46 bits per heavy atom. The van der Waals surface area contributed by atoms with Gasteiger partial charge < -0.3 is 0 Å². The maximum absolute atomic E-state index is 12.1. The highest BCUT2D eigenvalue weighted by atomic mass is 19.4. The predicted molar refractivity (Wildman–Crippen MR) is 40.2 cm³/mol. The SMILES string of the molecule is [C-]#[N+]c1cc(C)nc(C(F)(F)F)c1. The first-order valence-electron chi connectivity index (χ1n) is 3.37. The Labute approximate surface area is 72.8 Å². The van der Waals surface area contributed by atoms with Crippen molar-refractivity contribution in [2.45, 2.75) is 13.1 Å². The van der Waals surface area contributed by atoms with E-state index in [9.17, 15) is 13.2 Å². The van der Waals surface area contributed by atoms with E-state index in [-0.39, 0.29) is 11.4 Å². The zero-order valence-corrected chi connectivity index (χ0v) is 6.68. The molecular formula is C8H5F3N2. The average molecular weight is 186 g/mol. The van der Waals surface area contributed by atoms with Crippen LogP contribution in [0.5, 0.6) is 0 Å². The Morgan fingerprint density at radius 1 is 1.38 bits per heavy atom. The monoisotopic (exact) mass is 186 g/mol. The Hall–Kier alpha value is -1.57. The van der Waals surface area contributed by atoms with Gasteiger partial charge >= 0.3 is 6.18 Å². The van der Waals surface area contributed by atoms with Gasteiger partial charge in [0, 0.05) is 5.69 Å². The maximum Gasteiger partial charge on any atom is 0.432 e. The minimum absolute atomic E-state index is 0.0418. The second kappa shape index (κ2) is 3.05. The fourth-order valence-corrected chi connectivity index (χ4v) is 0.860. The van der Waals surface area contributed by atoms with E-state index < -0.39 is 11.9 Å². The van der Waals surface area contributed by atoms with Crippen LogP contribution in [0.3, 0.4) is 0 Å². The van der Waals surface area contributed by atoms with Crippen LogP contribution in [0.25, 0.3) is 4.85 Å². The zero-order valence-electron chi connectivity index (χ0n) is 6.68. The molecule has 0 atom stereocenters. The molecule has 2 nitrogen and oxygen atoms in total. The van der Waals surface area contributed by atoms with Crippen molar-refractivity contribution in [1.82, 2.24) is 4.98 Å². The van der Waals surface area contributed by atoms with Gasteiger partial charge in [-0.25, -0.2) is 4.85 Å². The number of halogens is 3. The Balaban J connectivity index is 3.26. The number of hydrogen-bond donors (Lipinski definition) is 0. The third kappa shape index (κ3) is 2.18. The standard InChI is InChI=1S/C8H5F3N2/c1-5-3-6(12-2)4-7(13-5)8(9,10)11/h3-4H,1H3. The summed E-state index contributed by atoms with van der Waals surface area (Å²) in [5.41, 5.74) is -0.862. The molecule has 0 aliphatic carbocycles. The largest absolute Gasteiger partial charge is 0.432 e. The molecule has 0 N–H and O–H groups in total. The molecule has 0 saturated heterocycles. The molecule has 0 aliphatic heterocycles. The molecule has 0 aromatic carbocycles. The molecule has 1 aromatic heterocycles. The molecule has 0 amide bonds. The molecule has 0 fully saturated rings. The van der Waals surface area contributed by atoms with Crippen molar-refractivity contribution >= 4 is 5.69 Å². The predicted octanol–water partition coefficient (Wildman–Crippen LogP) is 2.96. The van der Waals surface area contributed by atoms with E-state index in [1.165, 1.54) is 13.0 Å². The molecule has 13 heavy (non-hydrogen) atoms. The van der Waals surface area contributed by atoms with Gasteiger partial charge in [-0.2, -0.15) is 13.2 Å². The van der Waals surface area contributed by atoms with Crippen LogP contribution in [-0.2, 0) is 6.18 Å². The minimum atomic E-state index is -4.48. The van der Waals surface area contributed by atoms with Gasteiger partial charge in [-0.1, -0.05) is 0 Å². The second-order valence-electron chi connectivity index (χ2n) is 2.46. The molecule has 1 rings (SSSR count). The van der Waals surface area contributed by atoms with Crippen LogP contribution in [-0.4, -0.2) is 4.98 Å². The molecule has 0 unspecified atom stereocenters. The van der Waals surface area contributed by atoms with Crippen LogP contribution >= 0.6 is 0 Å². The summed E-state index contributed by atoms with van der Waals surface area (Å²) >= 11 is 0. The van der Waals surface area contributed by atoms with Crippen LogP contribution in [0.1, 0.15) is 11.4 Å². The van der Waals surface area contributed by atoms with Crippen molar-refractivity contribution < 1.29 is 13.2 Å². The van der Waals surface area contributed by atoms with Crippen molar-refractivity contribution in [2.75, 3.05) is 0 Å². The molecule has 0 bridgehead atoms. The van der Waals surface area contributed by atoms with Crippen LogP contribution in [0, 0.1) is 13.5 Å². The third-order valence-electron chi connectivity index (χ3n) is 1.36. The summed E-state index contributed by atoms with van der Waals surface area (Å²) in [6.45, 7) is 7.99. The number of pyridine rings is 1. The van der Waals surface area contributed by atoms with Crippen LogP contribution < -0.4 is 0 Å². The topological polar surface area (TPSA) is 17.2 Å².